The van der Waals surface area contributed by atoms with Crippen LogP contribution in [-0.4, -0.2) is 0 Å². The Labute approximate surface area is 206 Å². The monoisotopic (exact) mass is 451 g/mol. The van der Waals surface area contributed by atoms with Crippen LogP contribution in [0.1, 0.15) is 195 Å². The topological polar surface area (TPSA) is 0 Å². The standard InChI is InChI=1S/C32H66/c1-5-9-13-17-18-19-20-21-22-26-30-32(29-25-16-12-8-4)31(27-23-14-10-6-2)28-24-15-11-7-3/h31-32H,5-30H2,1-4H3. The molecule has 0 radical (unpaired) electrons. The molecule has 0 heteroatoms. The van der Waals surface area contributed by atoms with Gasteiger partial charge in [-0.3, -0.25) is 0 Å². The van der Waals surface area contributed by atoms with Crippen molar-refractivity contribution in [3.05, 3.63) is 0 Å². The van der Waals surface area contributed by atoms with Crippen molar-refractivity contribution >= 4 is 0 Å². The van der Waals surface area contributed by atoms with Crippen molar-refractivity contribution in [2.75, 3.05) is 0 Å². The van der Waals surface area contributed by atoms with Crippen LogP contribution in [0.3, 0.4) is 0 Å². The molecule has 0 aromatic heterocycles. The highest BCUT2D eigenvalue weighted by molar-refractivity contribution is 4.72. The highest BCUT2D eigenvalue weighted by atomic mass is 14.3. The Hall–Kier alpha value is 0. The summed E-state index contributed by atoms with van der Waals surface area (Å²) in [4.78, 5) is 0. The van der Waals surface area contributed by atoms with Crippen molar-refractivity contribution in [1.82, 2.24) is 0 Å². The van der Waals surface area contributed by atoms with Crippen LogP contribution in [0.2, 0.25) is 0 Å². The molecular formula is C32H66. The van der Waals surface area contributed by atoms with Crippen LogP contribution in [0.5, 0.6) is 0 Å². The van der Waals surface area contributed by atoms with E-state index < -0.39 is 0 Å². The van der Waals surface area contributed by atoms with Gasteiger partial charge in [-0.05, 0) is 11.8 Å². The summed E-state index contributed by atoms with van der Waals surface area (Å²) in [5.41, 5.74) is 0. The summed E-state index contributed by atoms with van der Waals surface area (Å²) in [6.45, 7) is 9.37. The lowest BCUT2D eigenvalue weighted by Gasteiger charge is -2.28. The van der Waals surface area contributed by atoms with Gasteiger partial charge in [-0.2, -0.15) is 0 Å². The maximum absolute atomic E-state index is 2.35. The summed E-state index contributed by atoms with van der Waals surface area (Å²) >= 11 is 0. The molecule has 1 atom stereocenters. The van der Waals surface area contributed by atoms with Gasteiger partial charge in [0.15, 0.2) is 0 Å². The van der Waals surface area contributed by atoms with Crippen molar-refractivity contribution in [3.8, 4) is 0 Å². The molecule has 0 N–H and O–H groups in total. The smallest absolute Gasteiger partial charge is 0.0386 e. The minimum Gasteiger partial charge on any atom is -0.0654 e. The molecule has 0 nitrogen and oxygen atoms in total. The predicted molar refractivity (Wildman–Crippen MR) is 150 cm³/mol. The van der Waals surface area contributed by atoms with Crippen molar-refractivity contribution in [3.63, 3.8) is 0 Å². The Balaban J connectivity index is 4.39. The fourth-order valence-corrected chi connectivity index (χ4v) is 5.63. The molecule has 0 fully saturated rings. The van der Waals surface area contributed by atoms with Crippen molar-refractivity contribution < 1.29 is 0 Å². The van der Waals surface area contributed by atoms with Gasteiger partial charge in [-0.15, -0.1) is 0 Å². The summed E-state index contributed by atoms with van der Waals surface area (Å²) in [5, 5.41) is 0. The van der Waals surface area contributed by atoms with Gasteiger partial charge in [0.25, 0.3) is 0 Å². The van der Waals surface area contributed by atoms with E-state index in [1.807, 2.05) is 0 Å². The molecule has 0 saturated heterocycles. The molecule has 0 aliphatic heterocycles. The van der Waals surface area contributed by atoms with E-state index in [0.29, 0.717) is 0 Å². The SMILES string of the molecule is CCCCCCCCCCCCC(CCCCCC)C(CCCCCC)CCCCCC. The molecule has 0 aromatic rings. The maximum Gasteiger partial charge on any atom is -0.0386 e. The fraction of sp³-hybridized carbons (Fsp3) is 1.00. The van der Waals surface area contributed by atoms with Crippen LogP contribution in [-0.2, 0) is 0 Å². The molecule has 32 heavy (non-hydrogen) atoms. The Morgan fingerprint density at radius 2 is 0.438 bits per heavy atom. The van der Waals surface area contributed by atoms with Gasteiger partial charge in [0.05, 0.1) is 0 Å². The summed E-state index contributed by atoms with van der Waals surface area (Å²) in [7, 11) is 0. The minimum atomic E-state index is 1.03. The molecule has 0 spiro atoms. The van der Waals surface area contributed by atoms with Gasteiger partial charge < -0.3 is 0 Å². The molecule has 0 amide bonds. The summed E-state index contributed by atoms with van der Waals surface area (Å²) in [6, 6.07) is 0. The Bertz CT molecular complexity index is 308. The van der Waals surface area contributed by atoms with E-state index in [1.165, 1.54) is 167 Å². The van der Waals surface area contributed by atoms with Gasteiger partial charge in [0.2, 0.25) is 0 Å². The van der Waals surface area contributed by atoms with Crippen molar-refractivity contribution in [1.29, 1.82) is 0 Å². The first-order chi connectivity index (χ1) is 15.8. The minimum absolute atomic E-state index is 1.03. The first-order valence-corrected chi connectivity index (χ1v) is 15.8. The van der Waals surface area contributed by atoms with Gasteiger partial charge in [0.1, 0.15) is 0 Å². The molecule has 1 unspecified atom stereocenters. The van der Waals surface area contributed by atoms with Crippen LogP contribution < -0.4 is 0 Å². The van der Waals surface area contributed by atoms with Gasteiger partial charge in [0, 0.05) is 0 Å². The largest absolute Gasteiger partial charge is 0.0654 e. The zero-order valence-electron chi connectivity index (χ0n) is 23.5. The molecule has 0 heterocycles. The quantitative estimate of drug-likeness (QED) is 0.109. The Kier molecular flexibility index (Phi) is 27.2. The highest BCUT2D eigenvalue weighted by Crippen LogP contribution is 2.33. The van der Waals surface area contributed by atoms with Crippen LogP contribution >= 0.6 is 0 Å². The maximum atomic E-state index is 2.35. The predicted octanol–water partition coefficient (Wildman–Crippen LogP) is 12.4. The molecule has 194 valence electrons. The number of hydrogen-bond donors (Lipinski definition) is 0. The lowest BCUT2D eigenvalue weighted by atomic mass is 9.78. The molecular weight excluding hydrogens is 384 g/mol. The lowest BCUT2D eigenvalue weighted by molar-refractivity contribution is 0.237. The average molecular weight is 451 g/mol. The van der Waals surface area contributed by atoms with Crippen molar-refractivity contribution in [2.24, 2.45) is 11.8 Å². The second-order valence-electron chi connectivity index (χ2n) is 11.0. The average Bonchev–Trinajstić information content (AvgIpc) is 2.80. The lowest BCUT2D eigenvalue weighted by Crippen LogP contribution is -2.16. The van der Waals surface area contributed by atoms with Crippen LogP contribution in [0, 0.1) is 11.8 Å². The normalized spacial score (nSPS) is 12.7. The van der Waals surface area contributed by atoms with E-state index in [-0.39, 0.29) is 0 Å². The number of rotatable bonds is 27. The Morgan fingerprint density at radius 3 is 0.688 bits per heavy atom. The third-order valence-electron chi connectivity index (χ3n) is 7.88. The molecule has 0 aliphatic rings. The van der Waals surface area contributed by atoms with Crippen molar-refractivity contribution in [2.45, 2.75) is 195 Å². The van der Waals surface area contributed by atoms with Crippen LogP contribution in [0.15, 0.2) is 0 Å². The molecule has 0 aliphatic carbocycles. The first kappa shape index (κ1) is 32.0. The third-order valence-corrected chi connectivity index (χ3v) is 7.88. The molecule has 0 aromatic carbocycles. The summed E-state index contributed by atoms with van der Waals surface area (Å²) < 4.78 is 0. The zero-order valence-corrected chi connectivity index (χ0v) is 23.5. The van der Waals surface area contributed by atoms with E-state index in [1.54, 1.807) is 0 Å². The zero-order chi connectivity index (χ0) is 23.5. The number of unbranched alkanes of at least 4 members (excludes halogenated alkanes) is 18. The third kappa shape index (κ3) is 21.8. The Morgan fingerprint density at radius 1 is 0.250 bits per heavy atom. The van der Waals surface area contributed by atoms with E-state index in [0.717, 1.165) is 11.8 Å². The number of hydrogen-bond acceptors (Lipinski definition) is 0. The van der Waals surface area contributed by atoms with Crippen LogP contribution in [0.4, 0.5) is 0 Å². The van der Waals surface area contributed by atoms with E-state index in [9.17, 15) is 0 Å². The van der Waals surface area contributed by atoms with Crippen LogP contribution in [0.25, 0.3) is 0 Å². The second-order valence-corrected chi connectivity index (χ2v) is 11.0. The van der Waals surface area contributed by atoms with E-state index in [2.05, 4.69) is 27.7 Å². The van der Waals surface area contributed by atoms with Gasteiger partial charge in [-0.25, -0.2) is 0 Å². The van der Waals surface area contributed by atoms with E-state index in [4.69, 9.17) is 0 Å². The summed E-state index contributed by atoms with van der Waals surface area (Å²) in [5.74, 6) is 2.06. The summed E-state index contributed by atoms with van der Waals surface area (Å²) in [6.07, 6.45) is 38.2. The second kappa shape index (κ2) is 27.2. The molecule has 0 saturated carbocycles. The highest BCUT2D eigenvalue weighted by Gasteiger charge is 2.20. The fourth-order valence-electron chi connectivity index (χ4n) is 5.63. The molecule has 0 bridgehead atoms. The van der Waals surface area contributed by atoms with E-state index >= 15 is 0 Å². The van der Waals surface area contributed by atoms with Gasteiger partial charge >= 0.3 is 0 Å². The van der Waals surface area contributed by atoms with Gasteiger partial charge in [-0.1, -0.05) is 195 Å². The molecule has 0 rings (SSSR count). The first-order valence-electron chi connectivity index (χ1n) is 15.8.